The maximum atomic E-state index is 13.2. The van der Waals surface area contributed by atoms with Gasteiger partial charge < -0.3 is 9.30 Å². The van der Waals surface area contributed by atoms with Gasteiger partial charge in [-0.05, 0) is 30.3 Å². The zero-order valence-corrected chi connectivity index (χ0v) is 17.0. The van der Waals surface area contributed by atoms with Gasteiger partial charge in [-0.25, -0.2) is 4.98 Å². The van der Waals surface area contributed by atoms with E-state index >= 15 is 0 Å². The Kier molecular flexibility index (Phi) is 4.96. The lowest BCUT2D eigenvalue weighted by Gasteiger charge is -2.16. The van der Waals surface area contributed by atoms with Crippen molar-refractivity contribution in [1.82, 2.24) is 19.3 Å². The van der Waals surface area contributed by atoms with Crippen LogP contribution in [-0.2, 0) is 6.54 Å². The summed E-state index contributed by atoms with van der Waals surface area (Å²) in [6.45, 7) is 4.74. The summed E-state index contributed by atoms with van der Waals surface area (Å²) in [5, 5.41) is 3.16. The summed E-state index contributed by atoms with van der Waals surface area (Å²) in [5.41, 5.74) is 4.26. The highest BCUT2D eigenvalue weighted by Crippen LogP contribution is 2.30. The number of nitrogens with zero attached hydrogens (tertiary/aromatic N) is 4. The molecule has 0 N–H and O–H groups in total. The molecule has 0 atom stereocenters. The summed E-state index contributed by atoms with van der Waals surface area (Å²) < 4.78 is 2.04. The highest BCUT2D eigenvalue weighted by atomic mass is 32.1. The van der Waals surface area contributed by atoms with Gasteiger partial charge in [-0.2, -0.15) is 0 Å². The molecule has 4 heterocycles. The number of carbonyl (C=O) groups is 1. The topological polar surface area (TPSA) is 50.5 Å². The van der Waals surface area contributed by atoms with E-state index in [2.05, 4.69) is 24.2 Å². The molecule has 142 valence electrons. The van der Waals surface area contributed by atoms with Gasteiger partial charge in [0.2, 0.25) is 0 Å². The van der Waals surface area contributed by atoms with Crippen molar-refractivity contribution in [2.24, 2.45) is 0 Å². The molecule has 6 heteroatoms. The van der Waals surface area contributed by atoms with Gasteiger partial charge in [-0.1, -0.05) is 26.0 Å². The van der Waals surface area contributed by atoms with E-state index in [0.717, 1.165) is 27.6 Å². The summed E-state index contributed by atoms with van der Waals surface area (Å²) >= 11 is 1.66. The van der Waals surface area contributed by atoms with E-state index < -0.39 is 0 Å². The zero-order chi connectivity index (χ0) is 19.7. The second kappa shape index (κ2) is 7.56. The number of thiazole rings is 1. The third kappa shape index (κ3) is 3.43. The Morgan fingerprint density at radius 1 is 1.21 bits per heavy atom. The van der Waals surface area contributed by atoms with Crippen molar-refractivity contribution in [2.45, 2.75) is 26.3 Å². The first-order chi connectivity index (χ1) is 13.5. The third-order valence-corrected chi connectivity index (χ3v) is 5.80. The molecule has 4 rings (SSSR count). The zero-order valence-electron chi connectivity index (χ0n) is 16.2. The number of carbonyl (C=O) groups excluding carboxylic acids is 1. The van der Waals surface area contributed by atoms with Crippen LogP contribution in [0.3, 0.4) is 0 Å². The van der Waals surface area contributed by atoms with Crippen LogP contribution in [0, 0.1) is 0 Å². The van der Waals surface area contributed by atoms with Gasteiger partial charge in [0.1, 0.15) is 0 Å². The van der Waals surface area contributed by atoms with Crippen molar-refractivity contribution >= 4 is 22.8 Å². The summed E-state index contributed by atoms with van der Waals surface area (Å²) in [7, 11) is 1.81. The molecule has 0 aliphatic carbocycles. The van der Waals surface area contributed by atoms with Crippen LogP contribution in [0.25, 0.3) is 16.9 Å². The van der Waals surface area contributed by atoms with Crippen molar-refractivity contribution in [2.75, 3.05) is 7.05 Å². The lowest BCUT2D eigenvalue weighted by atomic mass is 10.2. The molecule has 4 aromatic heterocycles. The van der Waals surface area contributed by atoms with E-state index in [1.807, 2.05) is 60.1 Å². The highest BCUT2D eigenvalue weighted by Gasteiger charge is 2.21. The van der Waals surface area contributed by atoms with Gasteiger partial charge in [-0.3, -0.25) is 9.78 Å². The Bertz CT molecular complexity index is 1110. The first-order valence-corrected chi connectivity index (χ1v) is 10.1. The number of hydrogen-bond acceptors (Lipinski definition) is 4. The minimum absolute atomic E-state index is 0.0279. The van der Waals surface area contributed by atoms with Gasteiger partial charge >= 0.3 is 0 Å². The minimum Gasteiger partial charge on any atom is -0.336 e. The SMILES string of the molecule is CC(C)c1nc(-c2cc(C(=O)N(C)Cc3ccccn3)c3ccccn23)cs1. The quantitative estimate of drug-likeness (QED) is 0.489. The molecule has 0 aliphatic heterocycles. The highest BCUT2D eigenvalue weighted by molar-refractivity contribution is 7.10. The first-order valence-electron chi connectivity index (χ1n) is 9.26. The Balaban J connectivity index is 1.72. The van der Waals surface area contributed by atoms with Crippen LogP contribution in [0.1, 0.15) is 40.8 Å². The van der Waals surface area contributed by atoms with Gasteiger partial charge in [0, 0.05) is 30.7 Å². The van der Waals surface area contributed by atoms with Crippen LogP contribution in [0.2, 0.25) is 0 Å². The number of amides is 1. The fourth-order valence-corrected chi connectivity index (χ4v) is 4.03. The number of fused-ring (bicyclic) bond motifs is 1. The molecule has 0 saturated carbocycles. The molecule has 0 unspecified atom stereocenters. The van der Waals surface area contributed by atoms with E-state index in [-0.39, 0.29) is 5.91 Å². The molecule has 0 bridgehead atoms. The largest absolute Gasteiger partial charge is 0.336 e. The lowest BCUT2D eigenvalue weighted by Crippen LogP contribution is -2.26. The summed E-state index contributed by atoms with van der Waals surface area (Å²) in [5.74, 6) is 0.357. The van der Waals surface area contributed by atoms with Gasteiger partial charge in [-0.15, -0.1) is 11.3 Å². The predicted octanol–water partition coefficient (Wildman–Crippen LogP) is 4.85. The van der Waals surface area contributed by atoms with Gasteiger partial charge in [0.05, 0.1) is 39.7 Å². The summed E-state index contributed by atoms with van der Waals surface area (Å²) in [6, 6.07) is 13.6. The molecule has 0 saturated heterocycles. The molecule has 5 nitrogen and oxygen atoms in total. The van der Waals surface area contributed by atoms with Crippen molar-refractivity contribution in [3.63, 3.8) is 0 Å². The van der Waals surface area contributed by atoms with E-state index in [9.17, 15) is 4.79 Å². The third-order valence-electron chi connectivity index (χ3n) is 4.66. The Morgan fingerprint density at radius 3 is 2.75 bits per heavy atom. The molecule has 0 spiro atoms. The normalized spacial score (nSPS) is 11.3. The van der Waals surface area contributed by atoms with Crippen molar-refractivity contribution < 1.29 is 4.79 Å². The van der Waals surface area contributed by atoms with E-state index in [4.69, 9.17) is 4.98 Å². The number of rotatable bonds is 5. The van der Waals surface area contributed by atoms with Crippen LogP contribution in [0.5, 0.6) is 0 Å². The van der Waals surface area contributed by atoms with E-state index in [1.54, 1.807) is 22.4 Å². The van der Waals surface area contributed by atoms with Crippen molar-refractivity contribution in [1.29, 1.82) is 0 Å². The number of hydrogen-bond donors (Lipinski definition) is 0. The van der Waals surface area contributed by atoms with E-state index in [0.29, 0.717) is 18.0 Å². The number of aromatic nitrogens is 3. The number of pyridine rings is 2. The van der Waals surface area contributed by atoms with Gasteiger partial charge in [0.15, 0.2) is 0 Å². The summed E-state index contributed by atoms with van der Waals surface area (Å²) in [6.07, 6.45) is 3.72. The second-order valence-corrected chi connectivity index (χ2v) is 8.00. The fraction of sp³-hybridized carbons (Fsp3) is 0.227. The average Bonchev–Trinajstić information content (AvgIpc) is 3.33. The summed E-state index contributed by atoms with van der Waals surface area (Å²) in [4.78, 5) is 24.0. The van der Waals surface area contributed by atoms with Crippen LogP contribution < -0.4 is 0 Å². The smallest absolute Gasteiger partial charge is 0.256 e. The Morgan fingerprint density at radius 2 is 2.04 bits per heavy atom. The van der Waals surface area contributed by atoms with Crippen molar-refractivity contribution in [3.8, 4) is 11.4 Å². The second-order valence-electron chi connectivity index (χ2n) is 7.11. The van der Waals surface area contributed by atoms with E-state index in [1.165, 1.54) is 0 Å². The molecule has 1 amide bonds. The molecular formula is C22H22N4OS. The van der Waals surface area contributed by atoms with Crippen LogP contribution in [0.15, 0.2) is 60.2 Å². The lowest BCUT2D eigenvalue weighted by molar-refractivity contribution is 0.0785. The van der Waals surface area contributed by atoms with Crippen molar-refractivity contribution in [3.05, 3.63) is 76.5 Å². The Labute approximate surface area is 168 Å². The van der Waals surface area contributed by atoms with Crippen LogP contribution in [-0.4, -0.2) is 32.2 Å². The molecule has 4 aromatic rings. The van der Waals surface area contributed by atoms with Crippen LogP contribution in [0.4, 0.5) is 0 Å². The first kappa shape index (κ1) is 18.4. The average molecular weight is 391 g/mol. The maximum Gasteiger partial charge on any atom is 0.256 e. The minimum atomic E-state index is -0.0279. The molecule has 0 aromatic carbocycles. The predicted molar refractivity (Wildman–Crippen MR) is 113 cm³/mol. The van der Waals surface area contributed by atoms with Crippen LogP contribution >= 0.6 is 11.3 Å². The Hall–Kier alpha value is -2.99. The molecular weight excluding hydrogens is 368 g/mol. The monoisotopic (exact) mass is 390 g/mol. The van der Waals surface area contributed by atoms with Gasteiger partial charge in [0.25, 0.3) is 5.91 Å². The maximum absolute atomic E-state index is 13.2. The standard InChI is InChI=1S/C22H22N4OS/c1-15(2)21-24-18(14-28-21)20-12-17(19-9-5-7-11-26(19)20)22(27)25(3)13-16-8-4-6-10-23-16/h4-12,14-15H,13H2,1-3H3. The fourth-order valence-electron chi connectivity index (χ4n) is 3.20. The molecule has 28 heavy (non-hydrogen) atoms. The molecule has 0 radical (unpaired) electrons. The molecule has 0 fully saturated rings. The molecule has 0 aliphatic rings.